The first-order valence-corrected chi connectivity index (χ1v) is 8.33. The number of aryl methyl sites for hydroxylation is 1. The van der Waals surface area contributed by atoms with Crippen molar-refractivity contribution in [2.45, 2.75) is 16.5 Å². The summed E-state index contributed by atoms with van der Waals surface area (Å²) in [6.45, 7) is 1.78. The number of aromatic nitrogens is 2. The summed E-state index contributed by atoms with van der Waals surface area (Å²) < 4.78 is 5.82. The Morgan fingerprint density at radius 2 is 2.18 bits per heavy atom. The van der Waals surface area contributed by atoms with Gasteiger partial charge in [-0.2, -0.15) is 0 Å². The molecule has 0 fully saturated rings. The van der Waals surface area contributed by atoms with Crippen LogP contribution in [0.15, 0.2) is 56.8 Å². The van der Waals surface area contributed by atoms with Gasteiger partial charge in [-0.1, -0.05) is 47.3 Å². The predicted molar refractivity (Wildman–Crippen MR) is 87.0 cm³/mol. The lowest BCUT2D eigenvalue weighted by molar-refractivity contribution is -0.115. The molecule has 1 atom stereocenters. The van der Waals surface area contributed by atoms with E-state index in [4.69, 9.17) is 4.52 Å². The molecule has 3 rings (SSSR count). The number of carbonyl (C=O) groups is 1. The Morgan fingerprint density at radius 1 is 1.36 bits per heavy atom. The van der Waals surface area contributed by atoms with Crippen molar-refractivity contribution in [2.75, 3.05) is 5.32 Å². The van der Waals surface area contributed by atoms with Crippen LogP contribution in [0.25, 0.3) is 0 Å². The van der Waals surface area contributed by atoms with Gasteiger partial charge >= 0.3 is 0 Å². The van der Waals surface area contributed by atoms with Gasteiger partial charge in [0.05, 0.1) is 0 Å². The second kappa shape index (κ2) is 6.76. The van der Waals surface area contributed by atoms with E-state index in [1.165, 1.54) is 23.1 Å². The van der Waals surface area contributed by atoms with Crippen molar-refractivity contribution in [3.8, 4) is 0 Å². The summed E-state index contributed by atoms with van der Waals surface area (Å²) in [5, 5.41) is 8.08. The minimum atomic E-state index is -0.399. The molecule has 0 spiro atoms. The van der Waals surface area contributed by atoms with E-state index < -0.39 is 5.25 Å². The molecule has 2 heterocycles. The van der Waals surface area contributed by atoms with Gasteiger partial charge in [0.25, 0.3) is 0 Å². The van der Waals surface area contributed by atoms with Crippen LogP contribution in [0.4, 0.5) is 5.82 Å². The van der Waals surface area contributed by atoms with Gasteiger partial charge in [0, 0.05) is 17.6 Å². The summed E-state index contributed by atoms with van der Waals surface area (Å²) in [5.41, 5.74) is 0.917. The van der Waals surface area contributed by atoms with E-state index in [-0.39, 0.29) is 5.91 Å². The third kappa shape index (κ3) is 3.55. The summed E-state index contributed by atoms with van der Waals surface area (Å²) in [6.07, 6.45) is 1.73. The highest BCUT2D eigenvalue weighted by molar-refractivity contribution is 8.01. The number of hydrogen-bond donors (Lipinski definition) is 1. The third-order valence-electron chi connectivity index (χ3n) is 2.85. The largest absolute Gasteiger partial charge is 0.360 e. The number of anilines is 1. The number of nitrogens with zero attached hydrogens (tertiary/aromatic N) is 2. The molecular formula is C15H13N3O2S2. The molecule has 0 radical (unpaired) electrons. The lowest BCUT2D eigenvalue weighted by atomic mass is 10.1. The molecule has 2 aromatic heterocycles. The number of nitrogens with one attached hydrogen (secondary N) is 1. The lowest BCUT2D eigenvalue weighted by Gasteiger charge is -2.14. The molecule has 0 aliphatic rings. The molecular weight excluding hydrogens is 318 g/mol. The fraction of sp³-hybridized carbons (Fsp3) is 0.133. The topological polar surface area (TPSA) is 68.0 Å². The zero-order valence-corrected chi connectivity index (χ0v) is 13.4. The van der Waals surface area contributed by atoms with Crippen LogP contribution in [0.3, 0.4) is 0 Å². The number of thiazole rings is 1. The maximum absolute atomic E-state index is 12.6. The number of rotatable bonds is 5. The normalized spacial score (nSPS) is 12.0. The number of benzene rings is 1. The average Bonchev–Trinajstić information content (AvgIpc) is 3.17. The lowest BCUT2D eigenvalue weighted by Crippen LogP contribution is -2.19. The molecule has 1 aromatic carbocycles. The van der Waals surface area contributed by atoms with Crippen molar-refractivity contribution in [3.05, 3.63) is 59.3 Å². The van der Waals surface area contributed by atoms with Crippen LogP contribution in [-0.4, -0.2) is 16.0 Å². The van der Waals surface area contributed by atoms with Crippen LogP contribution in [-0.2, 0) is 4.79 Å². The van der Waals surface area contributed by atoms with Crippen molar-refractivity contribution in [1.29, 1.82) is 0 Å². The maximum atomic E-state index is 12.6. The summed E-state index contributed by atoms with van der Waals surface area (Å²) in [4.78, 5) is 16.9. The molecule has 22 heavy (non-hydrogen) atoms. The van der Waals surface area contributed by atoms with Crippen LogP contribution >= 0.6 is 23.1 Å². The molecule has 5 nitrogen and oxygen atoms in total. The fourth-order valence-electron chi connectivity index (χ4n) is 1.89. The molecule has 0 saturated heterocycles. The van der Waals surface area contributed by atoms with E-state index in [1.807, 2.05) is 35.7 Å². The Balaban J connectivity index is 1.82. The summed E-state index contributed by atoms with van der Waals surface area (Å²) in [6, 6.07) is 11.3. The van der Waals surface area contributed by atoms with Crippen molar-refractivity contribution < 1.29 is 9.32 Å². The van der Waals surface area contributed by atoms with Crippen molar-refractivity contribution in [1.82, 2.24) is 10.1 Å². The van der Waals surface area contributed by atoms with E-state index in [1.54, 1.807) is 19.2 Å². The fourth-order valence-corrected chi connectivity index (χ4v) is 3.71. The zero-order chi connectivity index (χ0) is 15.4. The molecule has 1 unspecified atom stereocenters. The third-order valence-corrected chi connectivity index (χ3v) is 5.02. The molecule has 112 valence electrons. The summed E-state index contributed by atoms with van der Waals surface area (Å²) >= 11 is 2.93. The number of thioether (sulfide) groups is 1. The SMILES string of the molecule is Cc1cc(NC(=O)C(Sc2nccs2)c2ccccc2)no1. The van der Waals surface area contributed by atoms with Gasteiger partial charge in [-0.3, -0.25) is 4.79 Å². The molecule has 0 bridgehead atoms. The molecule has 0 aliphatic heterocycles. The van der Waals surface area contributed by atoms with E-state index in [2.05, 4.69) is 15.5 Å². The Hall–Kier alpha value is -2.12. The predicted octanol–water partition coefficient (Wildman–Crippen LogP) is 3.91. The Kier molecular flexibility index (Phi) is 4.55. The zero-order valence-electron chi connectivity index (χ0n) is 11.7. The highest BCUT2D eigenvalue weighted by Gasteiger charge is 2.24. The summed E-state index contributed by atoms with van der Waals surface area (Å²) in [7, 11) is 0. The molecule has 7 heteroatoms. The van der Waals surface area contributed by atoms with E-state index in [0.717, 1.165) is 9.90 Å². The van der Waals surface area contributed by atoms with Crippen molar-refractivity contribution in [3.63, 3.8) is 0 Å². The minimum Gasteiger partial charge on any atom is -0.360 e. The van der Waals surface area contributed by atoms with Gasteiger partial charge in [0.2, 0.25) is 5.91 Å². The standard InChI is InChI=1S/C15H13N3O2S2/c1-10-9-12(18-20-10)17-14(19)13(11-5-3-2-4-6-11)22-15-16-7-8-21-15/h2-9,13H,1H3,(H,17,18,19). The quantitative estimate of drug-likeness (QED) is 0.718. The van der Waals surface area contributed by atoms with E-state index >= 15 is 0 Å². The highest BCUT2D eigenvalue weighted by Crippen LogP contribution is 2.37. The second-order valence-electron chi connectivity index (χ2n) is 4.52. The van der Waals surface area contributed by atoms with Crippen LogP contribution in [0.1, 0.15) is 16.6 Å². The van der Waals surface area contributed by atoms with Gasteiger partial charge in [-0.25, -0.2) is 4.98 Å². The van der Waals surface area contributed by atoms with Gasteiger partial charge < -0.3 is 9.84 Å². The van der Waals surface area contributed by atoms with Crippen LogP contribution in [0.2, 0.25) is 0 Å². The Morgan fingerprint density at radius 3 is 2.82 bits per heavy atom. The van der Waals surface area contributed by atoms with Gasteiger partial charge in [0.1, 0.15) is 11.0 Å². The number of amides is 1. The first kappa shape index (κ1) is 14.8. The second-order valence-corrected chi connectivity index (χ2v) is 6.77. The molecule has 0 aliphatic carbocycles. The van der Waals surface area contributed by atoms with E-state index in [9.17, 15) is 4.79 Å². The summed E-state index contributed by atoms with van der Waals surface area (Å²) in [5.74, 6) is 0.919. The van der Waals surface area contributed by atoms with Gasteiger partial charge in [-0.15, -0.1) is 11.3 Å². The Bertz CT molecular complexity index is 741. The van der Waals surface area contributed by atoms with Gasteiger partial charge in [-0.05, 0) is 12.5 Å². The molecule has 3 aromatic rings. The number of carbonyl (C=O) groups excluding carboxylic acids is 1. The van der Waals surface area contributed by atoms with E-state index in [0.29, 0.717) is 11.6 Å². The minimum absolute atomic E-state index is 0.153. The first-order valence-electron chi connectivity index (χ1n) is 6.57. The van der Waals surface area contributed by atoms with Crippen LogP contribution in [0.5, 0.6) is 0 Å². The maximum Gasteiger partial charge on any atom is 0.243 e. The van der Waals surface area contributed by atoms with Gasteiger partial charge in [0.15, 0.2) is 10.2 Å². The average molecular weight is 331 g/mol. The highest BCUT2D eigenvalue weighted by atomic mass is 32.2. The number of hydrogen-bond acceptors (Lipinski definition) is 6. The van der Waals surface area contributed by atoms with Crippen LogP contribution < -0.4 is 5.32 Å². The molecule has 0 saturated carbocycles. The molecule has 1 N–H and O–H groups in total. The first-order chi connectivity index (χ1) is 10.7. The van der Waals surface area contributed by atoms with Crippen molar-refractivity contribution >= 4 is 34.8 Å². The smallest absolute Gasteiger partial charge is 0.243 e. The Labute approximate surface area is 135 Å². The van der Waals surface area contributed by atoms with Crippen molar-refractivity contribution in [2.24, 2.45) is 0 Å². The van der Waals surface area contributed by atoms with Crippen LogP contribution in [0, 0.1) is 6.92 Å². The molecule has 1 amide bonds. The monoisotopic (exact) mass is 331 g/mol.